The van der Waals surface area contributed by atoms with Crippen molar-refractivity contribution in [3.05, 3.63) is 59.1 Å². The second kappa shape index (κ2) is 6.37. The number of hydrogen-bond acceptors (Lipinski definition) is 3. The Hall–Kier alpha value is -1.71. The zero-order valence-electron chi connectivity index (χ0n) is 12.0. The lowest BCUT2D eigenvalue weighted by molar-refractivity contribution is 0.293. The monoisotopic (exact) mass is 303 g/mol. The summed E-state index contributed by atoms with van der Waals surface area (Å²) in [5.74, 6) is 1.65. The SMILES string of the molecule is COc1ccc(CN2CC2COc2ccccc2Cl)cc1. The largest absolute Gasteiger partial charge is 0.497 e. The summed E-state index contributed by atoms with van der Waals surface area (Å²) in [7, 11) is 1.68. The Kier molecular flexibility index (Phi) is 4.32. The van der Waals surface area contributed by atoms with Gasteiger partial charge in [-0.3, -0.25) is 4.90 Å². The van der Waals surface area contributed by atoms with Crippen molar-refractivity contribution in [1.82, 2.24) is 4.90 Å². The van der Waals surface area contributed by atoms with Crippen LogP contribution >= 0.6 is 11.6 Å². The van der Waals surface area contributed by atoms with E-state index in [9.17, 15) is 0 Å². The minimum atomic E-state index is 0.475. The summed E-state index contributed by atoms with van der Waals surface area (Å²) in [6.07, 6.45) is 0. The predicted molar refractivity (Wildman–Crippen MR) is 84.1 cm³/mol. The Bertz CT molecular complexity index is 600. The lowest BCUT2D eigenvalue weighted by Gasteiger charge is -2.08. The van der Waals surface area contributed by atoms with Crippen LogP contribution in [-0.4, -0.2) is 31.2 Å². The van der Waals surface area contributed by atoms with Gasteiger partial charge in [0.2, 0.25) is 0 Å². The number of halogens is 1. The second-order valence-corrected chi connectivity index (χ2v) is 5.58. The summed E-state index contributed by atoms with van der Waals surface area (Å²) in [6, 6.07) is 16.3. The average molecular weight is 304 g/mol. The molecule has 1 fully saturated rings. The molecule has 3 rings (SSSR count). The molecular formula is C17H18ClNO2. The maximum Gasteiger partial charge on any atom is 0.137 e. The van der Waals surface area contributed by atoms with Crippen molar-refractivity contribution in [2.24, 2.45) is 0 Å². The molecule has 0 radical (unpaired) electrons. The number of para-hydroxylation sites is 1. The van der Waals surface area contributed by atoms with Crippen LogP contribution in [0.1, 0.15) is 5.56 Å². The topological polar surface area (TPSA) is 21.5 Å². The third-order valence-electron chi connectivity index (χ3n) is 3.64. The smallest absolute Gasteiger partial charge is 0.137 e. The summed E-state index contributed by atoms with van der Waals surface area (Å²) in [5, 5.41) is 0.667. The molecule has 2 aromatic rings. The fraction of sp³-hybridized carbons (Fsp3) is 0.294. The minimum absolute atomic E-state index is 0.475. The molecule has 2 atom stereocenters. The molecule has 3 nitrogen and oxygen atoms in total. The molecule has 1 aliphatic rings. The molecule has 110 valence electrons. The Balaban J connectivity index is 1.47. The van der Waals surface area contributed by atoms with Gasteiger partial charge in [0.15, 0.2) is 0 Å². The van der Waals surface area contributed by atoms with Crippen LogP contribution in [0.15, 0.2) is 48.5 Å². The normalized spacial score (nSPS) is 20.1. The van der Waals surface area contributed by atoms with Crippen molar-refractivity contribution >= 4 is 11.6 Å². The lowest BCUT2D eigenvalue weighted by atomic mass is 10.2. The molecule has 2 unspecified atom stereocenters. The highest BCUT2D eigenvalue weighted by Gasteiger charge is 2.34. The molecule has 0 aromatic heterocycles. The summed E-state index contributed by atoms with van der Waals surface area (Å²) < 4.78 is 10.9. The van der Waals surface area contributed by atoms with Gasteiger partial charge in [0, 0.05) is 13.1 Å². The summed E-state index contributed by atoms with van der Waals surface area (Å²) >= 11 is 6.07. The number of nitrogens with zero attached hydrogens (tertiary/aromatic N) is 1. The number of rotatable bonds is 6. The van der Waals surface area contributed by atoms with Crippen molar-refractivity contribution in [3.63, 3.8) is 0 Å². The van der Waals surface area contributed by atoms with Crippen LogP contribution in [0.4, 0.5) is 0 Å². The van der Waals surface area contributed by atoms with Crippen LogP contribution < -0.4 is 9.47 Å². The van der Waals surface area contributed by atoms with Crippen LogP contribution in [0.2, 0.25) is 5.02 Å². The van der Waals surface area contributed by atoms with Crippen LogP contribution in [0, 0.1) is 0 Å². The summed E-state index contributed by atoms with van der Waals surface area (Å²) in [5.41, 5.74) is 1.29. The Morgan fingerprint density at radius 2 is 1.90 bits per heavy atom. The van der Waals surface area contributed by atoms with E-state index in [-0.39, 0.29) is 0 Å². The van der Waals surface area contributed by atoms with E-state index in [0.717, 1.165) is 24.6 Å². The first-order valence-electron chi connectivity index (χ1n) is 7.00. The molecular weight excluding hydrogens is 286 g/mol. The number of benzene rings is 2. The minimum Gasteiger partial charge on any atom is -0.497 e. The fourth-order valence-corrected chi connectivity index (χ4v) is 2.48. The fourth-order valence-electron chi connectivity index (χ4n) is 2.29. The molecule has 21 heavy (non-hydrogen) atoms. The predicted octanol–water partition coefficient (Wildman–Crippen LogP) is 3.61. The van der Waals surface area contributed by atoms with E-state index in [1.807, 2.05) is 36.4 Å². The highest BCUT2D eigenvalue weighted by molar-refractivity contribution is 6.32. The van der Waals surface area contributed by atoms with Gasteiger partial charge in [-0.05, 0) is 29.8 Å². The molecule has 1 saturated heterocycles. The van der Waals surface area contributed by atoms with Crippen LogP contribution in [-0.2, 0) is 6.54 Å². The maximum atomic E-state index is 6.07. The van der Waals surface area contributed by atoms with Crippen molar-refractivity contribution in [1.29, 1.82) is 0 Å². The van der Waals surface area contributed by atoms with Crippen LogP contribution in [0.25, 0.3) is 0 Å². The Morgan fingerprint density at radius 3 is 2.62 bits per heavy atom. The quantitative estimate of drug-likeness (QED) is 0.761. The summed E-state index contributed by atoms with van der Waals surface area (Å²) in [4.78, 5) is 2.37. The number of hydrogen-bond donors (Lipinski definition) is 0. The Labute approximate surface area is 130 Å². The van der Waals surface area contributed by atoms with Crippen molar-refractivity contribution < 1.29 is 9.47 Å². The van der Waals surface area contributed by atoms with Crippen molar-refractivity contribution in [2.45, 2.75) is 12.6 Å². The molecule has 0 saturated carbocycles. The molecule has 0 spiro atoms. The zero-order valence-corrected chi connectivity index (χ0v) is 12.7. The van der Waals surface area contributed by atoms with E-state index in [1.54, 1.807) is 7.11 Å². The molecule has 1 aliphatic heterocycles. The molecule has 0 N–H and O–H groups in total. The first-order valence-corrected chi connectivity index (χ1v) is 7.38. The van der Waals surface area contributed by atoms with Crippen molar-refractivity contribution in [3.8, 4) is 11.5 Å². The number of methoxy groups -OCH3 is 1. The van der Waals surface area contributed by atoms with E-state index >= 15 is 0 Å². The van der Waals surface area contributed by atoms with Crippen LogP contribution in [0.5, 0.6) is 11.5 Å². The molecule has 1 heterocycles. The van der Waals surface area contributed by atoms with Crippen molar-refractivity contribution in [2.75, 3.05) is 20.3 Å². The molecule has 2 aromatic carbocycles. The van der Waals surface area contributed by atoms with Crippen LogP contribution in [0.3, 0.4) is 0 Å². The highest BCUT2D eigenvalue weighted by Crippen LogP contribution is 2.27. The molecule has 0 bridgehead atoms. The van der Waals surface area contributed by atoms with Gasteiger partial charge < -0.3 is 9.47 Å². The maximum absolute atomic E-state index is 6.07. The van der Waals surface area contributed by atoms with Gasteiger partial charge in [0.25, 0.3) is 0 Å². The van der Waals surface area contributed by atoms with E-state index in [4.69, 9.17) is 21.1 Å². The average Bonchev–Trinajstić information content (AvgIpc) is 3.25. The number of ether oxygens (including phenoxy) is 2. The van der Waals surface area contributed by atoms with Gasteiger partial charge >= 0.3 is 0 Å². The summed E-state index contributed by atoms with van der Waals surface area (Å²) in [6.45, 7) is 2.69. The van der Waals surface area contributed by atoms with Gasteiger partial charge in [-0.2, -0.15) is 0 Å². The van der Waals surface area contributed by atoms with E-state index < -0.39 is 0 Å². The van der Waals surface area contributed by atoms with Gasteiger partial charge in [0.1, 0.15) is 18.1 Å². The second-order valence-electron chi connectivity index (χ2n) is 5.17. The standard InChI is InChI=1S/C17H18ClNO2/c1-20-15-8-6-13(7-9-15)10-19-11-14(19)12-21-17-5-3-2-4-16(17)18/h2-9,14H,10-12H2,1H3. The first-order chi connectivity index (χ1) is 10.3. The zero-order chi connectivity index (χ0) is 14.7. The lowest BCUT2D eigenvalue weighted by Crippen LogP contribution is -2.11. The van der Waals surface area contributed by atoms with E-state index in [2.05, 4.69) is 17.0 Å². The third-order valence-corrected chi connectivity index (χ3v) is 3.95. The van der Waals surface area contributed by atoms with E-state index in [0.29, 0.717) is 17.7 Å². The van der Waals surface area contributed by atoms with Gasteiger partial charge in [0.05, 0.1) is 18.2 Å². The van der Waals surface area contributed by atoms with Gasteiger partial charge in [-0.15, -0.1) is 0 Å². The highest BCUT2D eigenvalue weighted by atomic mass is 35.5. The first kappa shape index (κ1) is 14.2. The van der Waals surface area contributed by atoms with Gasteiger partial charge in [-0.1, -0.05) is 35.9 Å². The molecule has 4 heteroatoms. The van der Waals surface area contributed by atoms with E-state index in [1.165, 1.54) is 5.56 Å². The molecule has 0 aliphatic carbocycles. The molecule has 0 amide bonds. The Morgan fingerprint density at radius 1 is 1.14 bits per heavy atom. The van der Waals surface area contributed by atoms with Gasteiger partial charge in [-0.25, -0.2) is 0 Å². The third kappa shape index (κ3) is 3.69.